The lowest BCUT2D eigenvalue weighted by molar-refractivity contribution is -0.130. The highest BCUT2D eigenvalue weighted by Crippen LogP contribution is 2.28. The highest BCUT2D eigenvalue weighted by Gasteiger charge is 2.36. The van der Waals surface area contributed by atoms with Gasteiger partial charge in [-0.15, -0.1) is 0 Å². The number of nitrogens with zero attached hydrogens (tertiary/aromatic N) is 1. The topological polar surface area (TPSA) is 78.5 Å². The molecule has 0 aromatic heterocycles. The van der Waals surface area contributed by atoms with Crippen molar-refractivity contribution in [3.8, 4) is 0 Å². The maximum Gasteiger partial charge on any atom is 0.225 e. The van der Waals surface area contributed by atoms with Gasteiger partial charge in [0.1, 0.15) is 0 Å². The van der Waals surface area contributed by atoms with E-state index in [-0.39, 0.29) is 36.1 Å². The molecule has 6 heteroatoms. The van der Waals surface area contributed by atoms with E-state index in [1.807, 2.05) is 67.6 Å². The van der Waals surface area contributed by atoms with Gasteiger partial charge in [0.05, 0.1) is 12.0 Å². The van der Waals surface area contributed by atoms with E-state index in [1.54, 1.807) is 4.90 Å². The number of aryl methyl sites for hydroxylation is 1. The Morgan fingerprint density at radius 1 is 1.00 bits per heavy atom. The first-order chi connectivity index (χ1) is 14.5. The van der Waals surface area contributed by atoms with Crippen LogP contribution in [0.25, 0.3) is 0 Å². The molecule has 0 aliphatic carbocycles. The molecule has 30 heavy (non-hydrogen) atoms. The normalized spacial score (nSPS) is 16.9. The summed E-state index contributed by atoms with van der Waals surface area (Å²) in [6.45, 7) is 3.14. The van der Waals surface area contributed by atoms with E-state index >= 15 is 0 Å². The van der Waals surface area contributed by atoms with E-state index in [0.29, 0.717) is 32.5 Å². The maximum absolute atomic E-state index is 12.4. The van der Waals surface area contributed by atoms with Crippen LogP contribution in [0.2, 0.25) is 0 Å². The van der Waals surface area contributed by atoms with Crippen molar-refractivity contribution in [1.82, 2.24) is 15.5 Å². The Morgan fingerprint density at radius 2 is 1.63 bits per heavy atom. The van der Waals surface area contributed by atoms with Crippen LogP contribution in [0.15, 0.2) is 60.7 Å². The van der Waals surface area contributed by atoms with Crippen LogP contribution in [0.4, 0.5) is 0 Å². The standard InChI is InChI=1S/C24H29N3O3/c1-18(20-10-6-3-7-11-20)27-17-21(16-23(27)29)24(30)26-15-14-25-22(28)13-12-19-8-4-2-5-9-19/h2-11,18,21H,12-17H2,1H3,(H,25,28)(H,26,30). The molecule has 6 nitrogen and oxygen atoms in total. The van der Waals surface area contributed by atoms with Gasteiger partial charge in [-0.2, -0.15) is 0 Å². The van der Waals surface area contributed by atoms with E-state index in [2.05, 4.69) is 10.6 Å². The third-order valence-corrected chi connectivity index (χ3v) is 5.51. The van der Waals surface area contributed by atoms with Crippen molar-refractivity contribution in [2.45, 2.75) is 32.2 Å². The van der Waals surface area contributed by atoms with E-state index in [0.717, 1.165) is 11.1 Å². The van der Waals surface area contributed by atoms with Gasteiger partial charge in [0.2, 0.25) is 17.7 Å². The second kappa shape index (κ2) is 10.6. The first kappa shape index (κ1) is 21.6. The summed E-state index contributed by atoms with van der Waals surface area (Å²) in [5, 5.41) is 5.67. The van der Waals surface area contributed by atoms with Gasteiger partial charge in [-0.1, -0.05) is 60.7 Å². The number of hydrogen-bond acceptors (Lipinski definition) is 3. The minimum atomic E-state index is -0.350. The van der Waals surface area contributed by atoms with Gasteiger partial charge < -0.3 is 15.5 Å². The van der Waals surface area contributed by atoms with Crippen LogP contribution in [0.3, 0.4) is 0 Å². The van der Waals surface area contributed by atoms with Crippen LogP contribution in [-0.4, -0.2) is 42.3 Å². The first-order valence-corrected chi connectivity index (χ1v) is 10.5. The fourth-order valence-electron chi connectivity index (χ4n) is 3.72. The fraction of sp³-hybridized carbons (Fsp3) is 0.375. The van der Waals surface area contributed by atoms with Crippen LogP contribution in [0.5, 0.6) is 0 Å². The van der Waals surface area contributed by atoms with Gasteiger partial charge in [-0.05, 0) is 24.5 Å². The van der Waals surface area contributed by atoms with Crippen LogP contribution in [-0.2, 0) is 20.8 Å². The van der Waals surface area contributed by atoms with Crippen LogP contribution < -0.4 is 10.6 Å². The molecule has 3 amide bonds. The van der Waals surface area contributed by atoms with Crippen molar-refractivity contribution in [2.24, 2.45) is 5.92 Å². The van der Waals surface area contributed by atoms with Gasteiger partial charge in [0.15, 0.2) is 0 Å². The molecule has 0 spiro atoms. The molecule has 0 saturated carbocycles. The molecule has 2 aromatic rings. The molecular formula is C24H29N3O3. The third kappa shape index (κ3) is 5.92. The SMILES string of the molecule is CC(c1ccccc1)N1CC(C(=O)NCCNC(=O)CCc2ccccc2)CC1=O. The smallest absolute Gasteiger partial charge is 0.225 e. The minimum Gasteiger partial charge on any atom is -0.354 e. The molecule has 1 heterocycles. The first-order valence-electron chi connectivity index (χ1n) is 10.5. The molecule has 1 aliphatic heterocycles. The Balaban J connectivity index is 1.36. The zero-order chi connectivity index (χ0) is 21.3. The highest BCUT2D eigenvalue weighted by molar-refractivity contribution is 5.89. The van der Waals surface area contributed by atoms with Crippen LogP contribution in [0, 0.1) is 5.92 Å². The van der Waals surface area contributed by atoms with Gasteiger partial charge in [-0.3, -0.25) is 14.4 Å². The molecular weight excluding hydrogens is 378 g/mol. The zero-order valence-corrected chi connectivity index (χ0v) is 17.3. The fourth-order valence-corrected chi connectivity index (χ4v) is 3.72. The Hall–Kier alpha value is -3.15. The summed E-state index contributed by atoms with van der Waals surface area (Å²) in [5.41, 5.74) is 2.19. The molecule has 1 aliphatic rings. The minimum absolute atomic E-state index is 0.000665. The summed E-state index contributed by atoms with van der Waals surface area (Å²) in [5.74, 6) is -0.519. The third-order valence-electron chi connectivity index (χ3n) is 5.51. The number of benzene rings is 2. The number of carbonyl (C=O) groups is 3. The summed E-state index contributed by atoms with van der Waals surface area (Å²) in [6.07, 6.45) is 1.34. The summed E-state index contributed by atoms with van der Waals surface area (Å²) in [7, 11) is 0. The number of nitrogens with one attached hydrogen (secondary N) is 2. The average molecular weight is 408 g/mol. The second-order valence-corrected chi connectivity index (χ2v) is 7.66. The van der Waals surface area contributed by atoms with Gasteiger partial charge in [0.25, 0.3) is 0 Å². The second-order valence-electron chi connectivity index (χ2n) is 7.66. The predicted octanol–water partition coefficient (Wildman–Crippen LogP) is 2.46. The Bertz CT molecular complexity index is 855. The van der Waals surface area contributed by atoms with Gasteiger partial charge in [-0.25, -0.2) is 0 Å². The maximum atomic E-state index is 12.4. The quantitative estimate of drug-likeness (QED) is 0.627. The average Bonchev–Trinajstić information content (AvgIpc) is 3.17. The molecule has 1 fully saturated rings. The molecule has 2 unspecified atom stereocenters. The monoisotopic (exact) mass is 407 g/mol. The Labute approximate surface area is 177 Å². The zero-order valence-electron chi connectivity index (χ0n) is 17.3. The van der Waals surface area contributed by atoms with Crippen molar-refractivity contribution in [2.75, 3.05) is 19.6 Å². The van der Waals surface area contributed by atoms with E-state index in [4.69, 9.17) is 0 Å². The van der Waals surface area contributed by atoms with E-state index in [1.165, 1.54) is 0 Å². The van der Waals surface area contributed by atoms with Crippen molar-refractivity contribution in [3.63, 3.8) is 0 Å². The number of amides is 3. The number of carbonyl (C=O) groups excluding carboxylic acids is 3. The molecule has 0 radical (unpaired) electrons. The highest BCUT2D eigenvalue weighted by atomic mass is 16.2. The lowest BCUT2D eigenvalue weighted by Gasteiger charge is -2.25. The number of rotatable bonds is 9. The molecule has 1 saturated heterocycles. The number of hydrogen-bond donors (Lipinski definition) is 2. The molecule has 0 bridgehead atoms. The van der Waals surface area contributed by atoms with Gasteiger partial charge in [0, 0.05) is 32.5 Å². The Morgan fingerprint density at radius 3 is 2.33 bits per heavy atom. The van der Waals surface area contributed by atoms with Crippen molar-refractivity contribution in [3.05, 3.63) is 71.8 Å². The lowest BCUT2D eigenvalue weighted by atomic mass is 10.1. The molecule has 2 aromatic carbocycles. The van der Waals surface area contributed by atoms with Crippen molar-refractivity contribution < 1.29 is 14.4 Å². The molecule has 158 valence electrons. The Kier molecular flexibility index (Phi) is 7.60. The molecule has 3 rings (SSSR count). The summed E-state index contributed by atoms with van der Waals surface area (Å²) in [4.78, 5) is 38.6. The van der Waals surface area contributed by atoms with Crippen LogP contribution >= 0.6 is 0 Å². The molecule has 2 N–H and O–H groups in total. The van der Waals surface area contributed by atoms with Crippen molar-refractivity contribution in [1.29, 1.82) is 0 Å². The molecule has 2 atom stereocenters. The number of likely N-dealkylation sites (tertiary alicyclic amines) is 1. The van der Waals surface area contributed by atoms with E-state index < -0.39 is 0 Å². The summed E-state index contributed by atoms with van der Waals surface area (Å²) in [6, 6.07) is 19.6. The van der Waals surface area contributed by atoms with Crippen LogP contribution in [0.1, 0.15) is 36.9 Å². The largest absolute Gasteiger partial charge is 0.354 e. The van der Waals surface area contributed by atoms with Gasteiger partial charge >= 0.3 is 0 Å². The van der Waals surface area contributed by atoms with Crippen molar-refractivity contribution >= 4 is 17.7 Å². The predicted molar refractivity (Wildman–Crippen MR) is 115 cm³/mol. The summed E-state index contributed by atoms with van der Waals surface area (Å²) >= 11 is 0. The van der Waals surface area contributed by atoms with E-state index in [9.17, 15) is 14.4 Å². The lowest BCUT2D eigenvalue weighted by Crippen LogP contribution is -2.38. The summed E-state index contributed by atoms with van der Waals surface area (Å²) < 4.78 is 0.